The Kier molecular flexibility index (Phi) is 6.21. The standard InChI is InChI=1S/C23H33N/c1-7-9-10-22(21-12-11-17(3)18(4)13-21)16-24-19(5)23(6)14-20(8-2)15-23/h9-13,16,20H,7-8,14-15H2,1-6H3/b10-9+,22-16+,24-19?. The van der Waals surface area contributed by atoms with E-state index in [-0.39, 0.29) is 0 Å². The molecule has 0 bridgehead atoms. The molecule has 0 unspecified atom stereocenters. The van der Waals surface area contributed by atoms with E-state index >= 15 is 0 Å². The Hall–Kier alpha value is -1.63. The van der Waals surface area contributed by atoms with Crippen molar-refractivity contribution in [1.29, 1.82) is 0 Å². The lowest BCUT2D eigenvalue weighted by molar-refractivity contribution is 0.146. The number of allylic oxidation sites excluding steroid dienone is 3. The van der Waals surface area contributed by atoms with Crippen LogP contribution in [0.4, 0.5) is 0 Å². The zero-order valence-electron chi connectivity index (χ0n) is 16.3. The third-order valence-electron chi connectivity index (χ3n) is 5.70. The average molecular weight is 324 g/mol. The minimum absolute atomic E-state index is 0.306. The predicted molar refractivity (Wildman–Crippen MR) is 108 cm³/mol. The van der Waals surface area contributed by atoms with E-state index in [1.54, 1.807) is 0 Å². The SMILES string of the molecule is CC/C=C/C(=C\N=C(C)C1(C)CC(CC)C1)c1ccc(C)c(C)c1. The van der Waals surface area contributed by atoms with Gasteiger partial charge in [0.15, 0.2) is 0 Å². The molecule has 0 atom stereocenters. The van der Waals surface area contributed by atoms with E-state index in [4.69, 9.17) is 4.99 Å². The Morgan fingerprint density at radius 1 is 1.21 bits per heavy atom. The number of nitrogens with zero attached hydrogens (tertiary/aromatic N) is 1. The quantitative estimate of drug-likeness (QED) is 0.399. The van der Waals surface area contributed by atoms with Crippen molar-refractivity contribution in [3.8, 4) is 0 Å². The molecule has 0 saturated heterocycles. The maximum atomic E-state index is 4.87. The summed E-state index contributed by atoms with van der Waals surface area (Å²) >= 11 is 0. The minimum atomic E-state index is 0.306. The number of hydrogen-bond donors (Lipinski definition) is 0. The van der Waals surface area contributed by atoms with Crippen molar-refractivity contribution in [2.45, 2.75) is 67.2 Å². The molecule has 0 amide bonds. The Labute approximate surface area is 148 Å². The molecule has 0 aromatic heterocycles. The van der Waals surface area contributed by atoms with Crippen LogP contribution >= 0.6 is 0 Å². The fraction of sp³-hybridized carbons (Fsp3) is 0.522. The lowest BCUT2D eigenvalue weighted by Crippen LogP contribution is -2.39. The van der Waals surface area contributed by atoms with Gasteiger partial charge in [0.1, 0.15) is 0 Å². The first kappa shape index (κ1) is 18.7. The van der Waals surface area contributed by atoms with Crippen molar-refractivity contribution >= 4 is 11.3 Å². The van der Waals surface area contributed by atoms with Gasteiger partial charge in [-0.2, -0.15) is 0 Å². The maximum Gasteiger partial charge on any atom is 0.0345 e. The van der Waals surface area contributed by atoms with Crippen LogP contribution in [0.2, 0.25) is 0 Å². The maximum absolute atomic E-state index is 4.87. The van der Waals surface area contributed by atoms with Crippen LogP contribution in [0.1, 0.15) is 70.1 Å². The summed E-state index contributed by atoms with van der Waals surface area (Å²) in [6.45, 7) is 13.4. The fourth-order valence-electron chi connectivity index (χ4n) is 3.50. The molecular formula is C23H33N. The Morgan fingerprint density at radius 2 is 1.92 bits per heavy atom. The highest BCUT2D eigenvalue weighted by atomic mass is 14.7. The molecule has 1 aliphatic carbocycles. The molecule has 0 aliphatic heterocycles. The van der Waals surface area contributed by atoms with Gasteiger partial charge >= 0.3 is 0 Å². The summed E-state index contributed by atoms with van der Waals surface area (Å²) in [5, 5.41) is 0. The second kappa shape index (κ2) is 7.96. The van der Waals surface area contributed by atoms with Gasteiger partial charge in [-0.1, -0.05) is 57.5 Å². The summed E-state index contributed by atoms with van der Waals surface area (Å²) in [5.74, 6) is 0.892. The van der Waals surface area contributed by atoms with Crippen molar-refractivity contribution in [2.75, 3.05) is 0 Å². The summed E-state index contributed by atoms with van der Waals surface area (Å²) in [7, 11) is 0. The van der Waals surface area contributed by atoms with Gasteiger partial charge in [0.05, 0.1) is 0 Å². The van der Waals surface area contributed by atoms with Gasteiger partial charge in [-0.25, -0.2) is 0 Å². The number of hydrogen-bond acceptors (Lipinski definition) is 1. The zero-order valence-corrected chi connectivity index (χ0v) is 16.3. The van der Waals surface area contributed by atoms with E-state index in [2.05, 4.69) is 78.1 Å². The third-order valence-corrected chi connectivity index (χ3v) is 5.70. The average Bonchev–Trinajstić information content (AvgIpc) is 2.54. The molecule has 0 radical (unpaired) electrons. The van der Waals surface area contributed by atoms with Crippen LogP contribution in [0.15, 0.2) is 41.5 Å². The predicted octanol–water partition coefficient (Wildman–Crippen LogP) is 6.90. The Balaban J connectivity index is 2.27. The van der Waals surface area contributed by atoms with Crippen LogP contribution in [0, 0.1) is 25.2 Å². The number of aliphatic imine (C=N–C) groups is 1. The number of benzene rings is 1. The molecule has 1 fully saturated rings. The lowest BCUT2D eigenvalue weighted by Gasteiger charge is -2.45. The van der Waals surface area contributed by atoms with Crippen LogP contribution in [0.5, 0.6) is 0 Å². The highest BCUT2D eigenvalue weighted by Crippen LogP contribution is 2.47. The lowest BCUT2D eigenvalue weighted by atomic mass is 9.60. The van der Waals surface area contributed by atoms with Gasteiger partial charge in [0.2, 0.25) is 0 Å². The molecular weight excluding hydrogens is 290 g/mol. The second-order valence-electron chi connectivity index (χ2n) is 7.65. The molecule has 0 heterocycles. The molecule has 2 rings (SSSR count). The van der Waals surface area contributed by atoms with Gasteiger partial charge < -0.3 is 0 Å². The molecule has 130 valence electrons. The van der Waals surface area contributed by atoms with Gasteiger partial charge in [-0.3, -0.25) is 4.99 Å². The molecule has 1 heteroatoms. The van der Waals surface area contributed by atoms with Crippen molar-refractivity contribution in [3.05, 3.63) is 53.2 Å². The van der Waals surface area contributed by atoms with Crippen molar-refractivity contribution < 1.29 is 0 Å². The van der Waals surface area contributed by atoms with Gasteiger partial charge in [0, 0.05) is 17.3 Å². The van der Waals surface area contributed by atoms with E-state index in [0.29, 0.717) is 5.41 Å². The number of rotatable bonds is 6. The number of aryl methyl sites for hydroxylation is 2. The van der Waals surface area contributed by atoms with Gasteiger partial charge in [-0.05, 0) is 68.2 Å². The van der Waals surface area contributed by atoms with Crippen LogP contribution in [0.25, 0.3) is 5.57 Å². The summed E-state index contributed by atoms with van der Waals surface area (Å²) < 4.78 is 0. The molecule has 1 aromatic rings. The van der Waals surface area contributed by atoms with E-state index in [9.17, 15) is 0 Å². The molecule has 1 nitrogen and oxygen atoms in total. The Morgan fingerprint density at radius 3 is 2.50 bits per heavy atom. The second-order valence-corrected chi connectivity index (χ2v) is 7.65. The topological polar surface area (TPSA) is 12.4 Å². The van der Waals surface area contributed by atoms with E-state index in [0.717, 1.165) is 12.3 Å². The van der Waals surface area contributed by atoms with Crippen LogP contribution in [0.3, 0.4) is 0 Å². The normalized spacial score (nSPS) is 25.2. The van der Waals surface area contributed by atoms with Crippen molar-refractivity contribution in [1.82, 2.24) is 0 Å². The first-order valence-corrected chi connectivity index (χ1v) is 9.38. The molecule has 1 saturated carbocycles. The fourth-order valence-corrected chi connectivity index (χ4v) is 3.50. The largest absolute Gasteiger partial charge is 0.265 e. The zero-order chi connectivity index (χ0) is 17.7. The first-order chi connectivity index (χ1) is 11.4. The third kappa shape index (κ3) is 4.26. The summed E-state index contributed by atoms with van der Waals surface area (Å²) in [6, 6.07) is 6.68. The van der Waals surface area contributed by atoms with Crippen LogP contribution in [-0.2, 0) is 0 Å². The van der Waals surface area contributed by atoms with E-state index in [1.165, 1.54) is 47.2 Å². The highest BCUT2D eigenvalue weighted by Gasteiger charge is 2.41. The highest BCUT2D eigenvalue weighted by molar-refractivity contribution is 5.90. The van der Waals surface area contributed by atoms with Crippen LogP contribution in [-0.4, -0.2) is 5.71 Å². The minimum Gasteiger partial charge on any atom is -0.265 e. The molecule has 24 heavy (non-hydrogen) atoms. The summed E-state index contributed by atoms with van der Waals surface area (Å²) in [4.78, 5) is 4.87. The monoisotopic (exact) mass is 323 g/mol. The molecule has 1 aliphatic rings. The smallest absolute Gasteiger partial charge is 0.0345 e. The van der Waals surface area contributed by atoms with Crippen LogP contribution < -0.4 is 0 Å². The summed E-state index contributed by atoms with van der Waals surface area (Å²) in [6.07, 6.45) is 11.4. The van der Waals surface area contributed by atoms with Gasteiger partial charge in [-0.15, -0.1) is 0 Å². The first-order valence-electron chi connectivity index (χ1n) is 9.38. The Bertz CT molecular complexity index is 655. The van der Waals surface area contributed by atoms with Gasteiger partial charge in [0.25, 0.3) is 0 Å². The van der Waals surface area contributed by atoms with E-state index < -0.39 is 0 Å². The molecule has 0 N–H and O–H groups in total. The van der Waals surface area contributed by atoms with Crippen molar-refractivity contribution in [3.63, 3.8) is 0 Å². The molecule has 0 spiro atoms. The summed E-state index contributed by atoms with van der Waals surface area (Å²) in [5.41, 5.74) is 6.71. The van der Waals surface area contributed by atoms with Crippen molar-refractivity contribution in [2.24, 2.45) is 16.3 Å². The molecule has 1 aromatic carbocycles. The van der Waals surface area contributed by atoms with E-state index in [1.807, 2.05) is 0 Å².